The van der Waals surface area contributed by atoms with Gasteiger partial charge in [0.25, 0.3) is 5.91 Å². The van der Waals surface area contributed by atoms with Crippen LogP contribution in [-0.4, -0.2) is 47.1 Å². The minimum atomic E-state index is -0.872. The first kappa shape index (κ1) is 18.0. The maximum atomic E-state index is 13.5. The summed E-state index contributed by atoms with van der Waals surface area (Å²) in [4.78, 5) is 24.8. The van der Waals surface area contributed by atoms with E-state index in [4.69, 9.17) is 28.3 Å². The van der Waals surface area contributed by atoms with Crippen molar-refractivity contribution in [3.8, 4) is 0 Å². The Kier molecular flexibility index (Phi) is 5.84. The van der Waals surface area contributed by atoms with Crippen molar-refractivity contribution >= 4 is 35.1 Å². The Bertz CT molecular complexity index is 621. The number of nitrogens with zero attached hydrogens (tertiary/aromatic N) is 1. The molecule has 1 aliphatic rings. The molecule has 2 rings (SSSR count). The lowest BCUT2D eigenvalue weighted by Crippen LogP contribution is -2.54. The first-order chi connectivity index (χ1) is 10.8. The summed E-state index contributed by atoms with van der Waals surface area (Å²) in [5.74, 6) is -2.04. The molecular weight excluding hydrogens is 346 g/mol. The average molecular weight is 363 g/mol. The van der Waals surface area contributed by atoms with E-state index in [1.54, 1.807) is 0 Å². The van der Waals surface area contributed by atoms with E-state index in [2.05, 4.69) is 5.32 Å². The number of nitrogens with one attached hydrogen (secondary N) is 1. The van der Waals surface area contributed by atoms with Crippen LogP contribution in [0.4, 0.5) is 4.39 Å². The molecule has 0 atom stereocenters. The molecule has 0 spiro atoms. The van der Waals surface area contributed by atoms with Gasteiger partial charge in [-0.2, -0.15) is 0 Å². The molecule has 0 aliphatic heterocycles. The van der Waals surface area contributed by atoms with Gasteiger partial charge in [-0.15, -0.1) is 0 Å². The number of aliphatic carboxylic acids is 1. The van der Waals surface area contributed by atoms with Crippen molar-refractivity contribution in [2.24, 2.45) is 0 Å². The highest BCUT2D eigenvalue weighted by Crippen LogP contribution is 2.28. The molecule has 0 heterocycles. The van der Waals surface area contributed by atoms with E-state index in [9.17, 15) is 14.0 Å². The number of carbonyl (C=O) groups is 2. The summed E-state index contributed by atoms with van der Waals surface area (Å²) in [5.41, 5.74) is 0.0369. The van der Waals surface area contributed by atoms with Crippen LogP contribution in [0.25, 0.3) is 0 Å². The number of hydrogen-bond acceptors (Lipinski definition) is 3. The van der Waals surface area contributed by atoms with Gasteiger partial charge in [-0.05, 0) is 31.5 Å². The van der Waals surface area contributed by atoms with Gasteiger partial charge in [-0.3, -0.25) is 14.5 Å². The second-order valence-corrected chi connectivity index (χ2v) is 6.31. The smallest absolute Gasteiger partial charge is 0.317 e. The lowest BCUT2D eigenvalue weighted by atomic mass is 9.85. The molecule has 1 amide bonds. The Balaban J connectivity index is 1.91. The third-order valence-electron chi connectivity index (χ3n) is 3.96. The van der Waals surface area contributed by atoms with Crippen LogP contribution in [0.5, 0.6) is 0 Å². The van der Waals surface area contributed by atoms with E-state index < -0.39 is 17.7 Å². The minimum Gasteiger partial charge on any atom is -0.480 e. The van der Waals surface area contributed by atoms with Crippen molar-refractivity contribution < 1.29 is 19.1 Å². The van der Waals surface area contributed by atoms with E-state index in [1.807, 2.05) is 11.8 Å². The van der Waals surface area contributed by atoms with E-state index >= 15 is 0 Å². The number of hydrogen-bond donors (Lipinski definition) is 2. The van der Waals surface area contributed by atoms with Crippen molar-refractivity contribution in [3.05, 3.63) is 33.6 Å². The molecule has 23 heavy (non-hydrogen) atoms. The van der Waals surface area contributed by atoms with Crippen molar-refractivity contribution in [1.82, 2.24) is 10.2 Å². The van der Waals surface area contributed by atoms with Crippen LogP contribution in [0.3, 0.4) is 0 Å². The van der Waals surface area contributed by atoms with Crippen LogP contribution in [-0.2, 0) is 4.79 Å². The number of carboxylic acids is 1. The molecule has 8 heteroatoms. The van der Waals surface area contributed by atoms with E-state index in [0.29, 0.717) is 19.4 Å². The van der Waals surface area contributed by atoms with Crippen molar-refractivity contribution in [2.45, 2.75) is 31.8 Å². The Morgan fingerprint density at radius 1 is 1.35 bits per heavy atom. The van der Waals surface area contributed by atoms with Crippen molar-refractivity contribution in [3.63, 3.8) is 0 Å². The second-order valence-electron chi connectivity index (χ2n) is 5.50. The average Bonchev–Trinajstić information content (AvgIpc) is 2.43. The number of halogens is 3. The van der Waals surface area contributed by atoms with Gasteiger partial charge >= 0.3 is 5.97 Å². The first-order valence-electron chi connectivity index (χ1n) is 7.23. The fourth-order valence-electron chi connectivity index (χ4n) is 2.64. The normalized spacial score (nSPS) is 20.2. The van der Waals surface area contributed by atoms with E-state index in [-0.39, 0.29) is 34.2 Å². The third-order valence-corrected chi connectivity index (χ3v) is 4.57. The Hall–Kier alpha value is -1.37. The zero-order chi connectivity index (χ0) is 17.1. The third kappa shape index (κ3) is 4.34. The molecule has 1 aliphatic carbocycles. The molecule has 0 unspecified atom stereocenters. The van der Waals surface area contributed by atoms with Gasteiger partial charge in [0.05, 0.1) is 22.2 Å². The van der Waals surface area contributed by atoms with Gasteiger partial charge in [-0.25, -0.2) is 4.39 Å². The fourth-order valence-corrected chi connectivity index (χ4v) is 3.11. The second kappa shape index (κ2) is 7.47. The predicted molar refractivity (Wildman–Crippen MR) is 85.6 cm³/mol. The monoisotopic (exact) mass is 362 g/mol. The number of amides is 1. The summed E-state index contributed by atoms with van der Waals surface area (Å²) in [7, 11) is 0. The number of rotatable bonds is 6. The zero-order valence-electron chi connectivity index (χ0n) is 12.5. The molecule has 2 N–H and O–H groups in total. The van der Waals surface area contributed by atoms with Gasteiger partial charge in [0.1, 0.15) is 5.82 Å². The zero-order valence-corrected chi connectivity index (χ0v) is 14.0. The van der Waals surface area contributed by atoms with Crippen LogP contribution in [0.15, 0.2) is 12.1 Å². The Morgan fingerprint density at radius 3 is 2.57 bits per heavy atom. The largest absolute Gasteiger partial charge is 0.480 e. The Morgan fingerprint density at radius 2 is 2.00 bits per heavy atom. The summed E-state index contributed by atoms with van der Waals surface area (Å²) >= 11 is 11.5. The summed E-state index contributed by atoms with van der Waals surface area (Å²) in [6.07, 6.45) is 1.31. The van der Waals surface area contributed by atoms with Crippen LogP contribution < -0.4 is 5.32 Å². The standard InChI is InChI=1S/C15H17Cl2FN2O3/c1-2-20(7-14(21)22)9-3-8(4-9)19-15(23)10-5-13(18)12(17)6-11(10)16/h5-6,8-9H,2-4,7H2,1H3,(H,19,23)(H,21,22). The van der Waals surface area contributed by atoms with Crippen molar-refractivity contribution in [1.29, 1.82) is 0 Å². The summed E-state index contributed by atoms with van der Waals surface area (Å²) in [6.45, 7) is 2.51. The highest BCUT2D eigenvalue weighted by molar-refractivity contribution is 6.36. The molecule has 1 saturated carbocycles. The van der Waals surface area contributed by atoms with Crippen LogP contribution in [0.2, 0.25) is 10.0 Å². The lowest BCUT2D eigenvalue weighted by Gasteiger charge is -2.42. The topological polar surface area (TPSA) is 69.6 Å². The highest BCUT2D eigenvalue weighted by Gasteiger charge is 2.35. The number of carboxylic acid groups (broad SMARTS) is 1. The molecule has 5 nitrogen and oxygen atoms in total. The Labute approximate surface area is 143 Å². The molecule has 1 fully saturated rings. The maximum absolute atomic E-state index is 13.5. The molecular formula is C15H17Cl2FN2O3. The molecule has 0 saturated heterocycles. The predicted octanol–water partition coefficient (Wildman–Crippen LogP) is 2.80. The lowest BCUT2D eigenvalue weighted by molar-refractivity contribution is -0.139. The molecule has 0 aromatic heterocycles. The molecule has 1 aromatic rings. The maximum Gasteiger partial charge on any atom is 0.317 e. The van der Waals surface area contributed by atoms with E-state index in [0.717, 1.165) is 6.07 Å². The van der Waals surface area contributed by atoms with Gasteiger partial charge in [-0.1, -0.05) is 30.1 Å². The van der Waals surface area contributed by atoms with Crippen LogP contribution in [0, 0.1) is 5.82 Å². The summed E-state index contributed by atoms with van der Waals surface area (Å²) in [6, 6.07) is 2.26. The minimum absolute atomic E-state index is 0.0178. The van der Waals surface area contributed by atoms with Crippen LogP contribution in [0.1, 0.15) is 30.1 Å². The number of carbonyl (C=O) groups excluding carboxylic acids is 1. The SMILES string of the molecule is CCN(CC(=O)O)C1CC(NC(=O)c2cc(F)c(Cl)cc2Cl)C1. The highest BCUT2D eigenvalue weighted by atomic mass is 35.5. The summed E-state index contributed by atoms with van der Waals surface area (Å²) in [5, 5.41) is 11.6. The number of likely N-dealkylation sites (N-methyl/N-ethyl adjacent to an activating group) is 1. The molecule has 1 aromatic carbocycles. The quantitative estimate of drug-likeness (QED) is 0.763. The van der Waals surface area contributed by atoms with Crippen LogP contribution >= 0.6 is 23.2 Å². The van der Waals surface area contributed by atoms with Gasteiger partial charge in [0.15, 0.2) is 0 Å². The van der Waals surface area contributed by atoms with Gasteiger partial charge in [0.2, 0.25) is 0 Å². The number of benzene rings is 1. The first-order valence-corrected chi connectivity index (χ1v) is 7.98. The summed E-state index contributed by atoms with van der Waals surface area (Å²) < 4.78 is 13.5. The van der Waals surface area contributed by atoms with Crippen molar-refractivity contribution in [2.75, 3.05) is 13.1 Å². The van der Waals surface area contributed by atoms with Gasteiger partial charge < -0.3 is 10.4 Å². The molecule has 0 radical (unpaired) electrons. The molecule has 126 valence electrons. The molecule has 0 bridgehead atoms. The fraction of sp³-hybridized carbons (Fsp3) is 0.467. The van der Waals surface area contributed by atoms with E-state index in [1.165, 1.54) is 6.07 Å². The van der Waals surface area contributed by atoms with Gasteiger partial charge in [0, 0.05) is 12.1 Å².